The van der Waals surface area contributed by atoms with Crippen molar-refractivity contribution in [3.8, 4) is 11.9 Å². The molecule has 2 N–H and O–H groups in total. The monoisotopic (exact) mass is 182 g/mol. The van der Waals surface area contributed by atoms with Crippen LogP contribution in [0.15, 0.2) is 6.20 Å². The summed E-state index contributed by atoms with van der Waals surface area (Å²) in [5.74, 6) is -0.970. The summed E-state index contributed by atoms with van der Waals surface area (Å²) >= 11 is 0. The van der Waals surface area contributed by atoms with Crippen LogP contribution in [0.5, 0.6) is 11.9 Å². The third-order valence-electron chi connectivity index (χ3n) is 1.55. The number of rotatable bonds is 2. The summed E-state index contributed by atoms with van der Waals surface area (Å²) < 4.78 is 0. The Labute approximate surface area is 75.1 Å². The first-order valence-electron chi connectivity index (χ1n) is 3.81. The highest BCUT2D eigenvalue weighted by Crippen LogP contribution is 2.18. The first-order chi connectivity index (χ1) is 6.02. The number of carbonyl (C=O) groups is 1. The van der Waals surface area contributed by atoms with Gasteiger partial charge in [-0.1, -0.05) is 13.8 Å². The Morgan fingerprint density at radius 3 is 2.54 bits per heavy atom. The normalized spacial score (nSPS) is 10.4. The van der Waals surface area contributed by atoms with Gasteiger partial charge in [-0.3, -0.25) is 4.79 Å². The van der Waals surface area contributed by atoms with E-state index in [1.54, 1.807) is 13.8 Å². The molecule has 0 spiro atoms. The van der Waals surface area contributed by atoms with Gasteiger partial charge in [0.1, 0.15) is 0 Å². The third kappa shape index (κ3) is 1.93. The minimum absolute atomic E-state index is 0.0350. The van der Waals surface area contributed by atoms with Crippen molar-refractivity contribution in [2.24, 2.45) is 5.92 Å². The van der Waals surface area contributed by atoms with Crippen molar-refractivity contribution < 1.29 is 15.0 Å². The predicted molar refractivity (Wildman–Crippen MR) is 44.5 cm³/mol. The molecule has 1 aromatic rings. The van der Waals surface area contributed by atoms with E-state index in [4.69, 9.17) is 5.11 Å². The zero-order chi connectivity index (χ0) is 10.0. The molecule has 13 heavy (non-hydrogen) atoms. The number of aromatic hydroxyl groups is 2. The molecule has 0 atom stereocenters. The number of hydrogen-bond donors (Lipinski definition) is 2. The Hall–Kier alpha value is -1.65. The van der Waals surface area contributed by atoms with E-state index >= 15 is 0 Å². The summed E-state index contributed by atoms with van der Waals surface area (Å²) in [4.78, 5) is 18.0. The van der Waals surface area contributed by atoms with Gasteiger partial charge in [-0.2, -0.15) is 4.98 Å². The van der Waals surface area contributed by atoms with Gasteiger partial charge in [-0.15, -0.1) is 0 Å². The standard InChI is InChI=1S/C8H10N2O3/c1-4(2)6(11)5-3-9-8(13)10-7(5)12/h3-4H,1-2H3,(H2,9,10,12,13). The maximum atomic E-state index is 11.4. The predicted octanol–water partition coefficient (Wildman–Crippen LogP) is 0.726. The molecule has 5 heteroatoms. The molecule has 0 aromatic carbocycles. The molecule has 0 amide bonds. The Kier molecular flexibility index (Phi) is 2.46. The molecule has 70 valence electrons. The molecular weight excluding hydrogens is 172 g/mol. The lowest BCUT2D eigenvalue weighted by molar-refractivity contribution is 0.0935. The number of Topliss-reactive ketones (excluding diaryl/α,β-unsaturated/α-hetero) is 1. The van der Waals surface area contributed by atoms with E-state index in [0.717, 1.165) is 6.20 Å². The number of aromatic nitrogens is 2. The van der Waals surface area contributed by atoms with E-state index in [1.807, 2.05) is 0 Å². The fraction of sp³-hybridized carbons (Fsp3) is 0.375. The molecule has 0 aliphatic carbocycles. The number of hydrogen-bond acceptors (Lipinski definition) is 5. The van der Waals surface area contributed by atoms with Gasteiger partial charge in [0.15, 0.2) is 5.78 Å². The highest BCUT2D eigenvalue weighted by atomic mass is 16.3. The van der Waals surface area contributed by atoms with E-state index in [0.29, 0.717) is 0 Å². The highest BCUT2D eigenvalue weighted by Gasteiger charge is 2.16. The topological polar surface area (TPSA) is 83.3 Å². The van der Waals surface area contributed by atoms with Crippen LogP contribution in [-0.2, 0) is 0 Å². The molecule has 5 nitrogen and oxygen atoms in total. The van der Waals surface area contributed by atoms with Gasteiger partial charge in [0.2, 0.25) is 5.88 Å². The fourth-order valence-electron chi connectivity index (χ4n) is 0.849. The number of nitrogens with zero attached hydrogens (tertiary/aromatic N) is 2. The van der Waals surface area contributed by atoms with E-state index in [2.05, 4.69) is 9.97 Å². The van der Waals surface area contributed by atoms with Gasteiger partial charge >= 0.3 is 6.01 Å². The molecule has 1 heterocycles. The molecule has 0 radical (unpaired) electrons. The molecular formula is C8H10N2O3. The summed E-state index contributed by atoms with van der Waals surface area (Å²) in [6.07, 6.45) is 1.11. The Bertz CT molecular complexity index is 336. The lowest BCUT2D eigenvalue weighted by Gasteiger charge is -2.04. The van der Waals surface area contributed by atoms with Crippen molar-refractivity contribution in [2.75, 3.05) is 0 Å². The minimum atomic E-state index is -0.544. The molecule has 0 saturated carbocycles. The van der Waals surface area contributed by atoms with Crippen molar-refractivity contribution in [1.29, 1.82) is 0 Å². The smallest absolute Gasteiger partial charge is 0.317 e. The molecule has 0 bridgehead atoms. The molecule has 1 aromatic heterocycles. The summed E-state index contributed by atoms with van der Waals surface area (Å²) in [5.41, 5.74) is 0.0350. The highest BCUT2D eigenvalue weighted by molar-refractivity contribution is 5.98. The first kappa shape index (κ1) is 9.44. The van der Waals surface area contributed by atoms with Crippen molar-refractivity contribution in [3.05, 3.63) is 11.8 Å². The average molecular weight is 182 g/mol. The summed E-state index contributed by atoms with van der Waals surface area (Å²) in [6.45, 7) is 3.41. The van der Waals surface area contributed by atoms with Crippen molar-refractivity contribution in [1.82, 2.24) is 9.97 Å². The van der Waals surface area contributed by atoms with E-state index in [9.17, 15) is 9.90 Å². The molecule has 0 unspecified atom stereocenters. The Morgan fingerprint density at radius 2 is 2.08 bits per heavy atom. The third-order valence-corrected chi connectivity index (χ3v) is 1.55. The summed E-state index contributed by atoms with van der Waals surface area (Å²) in [6, 6.07) is -0.544. The minimum Gasteiger partial charge on any atom is -0.493 e. The maximum Gasteiger partial charge on any atom is 0.317 e. The second-order valence-corrected chi connectivity index (χ2v) is 2.93. The van der Waals surface area contributed by atoms with Crippen molar-refractivity contribution in [3.63, 3.8) is 0 Å². The number of carbonyl (C=O) groups excluding carboxylic acids is 1. The van der Waals surface area contributed by atoms with E-state index in [-0.39, 0.29) is 17.3 Å². The molecule has 0 fully saturated rings. The molecule has 0 saturated heterocycles. The van der Waals surface area contributed by atoms with Crippen molar-refractivity contribution >= 4 is 5.78 Å². The van der Waals surface area contributed by atoms with Crippen LogP contribution in [-0.4, -0.2) is 26.0 Å². The van der Waals surface area contributed by atoms with Crippen molar-refractivity contribution in [2.45, 2.75) is 13.8 Å². The number of ketones is 1. The van der Waals surface area contributed by atoms with Gasteiger partial charge in [0.05, 0.1) is 5.56 Å². The second kappa shape index (κ2) is 3.38. The van der Waals surface area contributed by atoms with Crippen LogP contribution in [0.25, 0.3) is 0 Å². The van der Waals surface area contributed by atoms with Gasteiger partial charge in [0.25, 0.3) is 0 Å². The van der Waals surface area contributed by atoms with Gasteiger partial charge in [-0.25, -0.2) is 4.98 Å². The molecule has 1 rings (SSSR count). The van der Waals surface area contributed by atoms with Crippen LogP contribution in [0, 0.1) is 5.92 Å². The van der Waals surface area contributed by atoms with Crippen LogP contribution in [0.3, 0.4) is 0 Å². The average Bonchev–Trinajstić information content (AvgIpc) is 2.03. The van der Waals surface area contributed by atoms with E-state index < -0.39 is 11.9 Å². The van der Waals surface area contributed by atoms with Gasteiger partial charge < -0.3 is 10.2 Å². The summed E-state index contributed by atoms with van der Waals surface area (Å²) in [7, 11) is 0. The van der Waals surface area contributed by atoms with Gasteiger partial charge in [-0.05, 0) is 0 Å². The largest absolute Gasteiger partial charge is 0.493 e. The Morgan fingerprint density at radius 1 is 1.46 bits per heavy atom. The lowest BCUT2D eigenvalue weighted by Crippen LogP contribution is -2.08. The SMILES string of the molecule is CC(C)C(=O)c1cnc(O)nc1O. The zero-order valence-electron chi connectivity index (χ0n) is 7.35. The molecule has 0 aliphatic heterocycles. The van der Waals surface area contributed by atoms with Crippen LogP contribution < -0.4 is 0 Å². The quantitative estimate of drug-likeness (QED) is 0.658. The van der Waals surface area contributed by atoms with Crippen LogP contribution >= 0.6 is 0 Å². The molecule has 0 aliphatic rings. The lowest BCUT2D eigenvalue weighted by atomic mass is 10.0. The maximum absolute atomic E-state index is 11.4. The van der Waals surface area contributed by atoms with E-state index in [1.165, 1.54) is 0 Å². The first-order valence-corrected chi connectivity index (χ1v) is 3.81. The zero-order valence-corrected chi connectivity index (χ0v) is 7.35. The summed E-state index contributed by atoms with van der Waals surface area (Å²) in [5, 5.41) is 17.9. The second-order valence-electron chi connectivity index (χ2n) is 2.93. The van der Waals surface area contributed by atoms with Crippen LogP contribution in [0.2, 0.25) is 0 Å². The Balaban J connectivity index is 3.09. The van der Waals surface area contributed by atoms with Gasteiger partial charge in [0, 0.05) is 12.1 Å². The van der Waals surface area contributed by atoms with Crippen LogP contribution in [0.1, 0.15) is 24.2 Å². The fourth-order valence-corrected chi connectivity index (χ4v) is 0.849. The van der Waals surface area contributed by atoms with Crippen LogP contribution in [0.4, 0.5) is 0 Å².